The Morgan fingerprint density at radius 1 is 1.25 bits per heavy atom. The summed E-state index contributed by atoms with van der Waals surface area (Å²) in [6.45, 7) is 2.63. The van der Waals surface area contributed by atoms with Crippen molar-refractivity contribution in [1.82, 2.24) is 0 Å². The van der Waals surface area contributed by atoms with Crippen LogP contribution in [0.2, 0.25) is 5.02 Å². The minimum absolute atomic E-state index is 0.0868. The average molecular weight is 288 g/mol. The molecule has 1 aliphatic rings. The maximum atomic E-state index is 6.45. The Morgan fingerprint density at radius 2 is 2.05 bits per heavy atom. The first kappa shape index (κ1) is 13.5. The molecule has 0 aromatic heterocycles. The number of benzene rings is 2. The lowest BCUT2D eigenvalue weighted by Crippen LogP contribution is -2.30. The number of hydrogen-bond acceptors (Lipinski definition) is 2. The fourth-order valence-corrected chi connectivity index (χ4v) is 3.00. The van der Waals surface area contributed by atoms with Crippen LogP contribution < -0.4 is 10.5 Å². The van der Waals surface area contributed by atoms with Crippen LogP contribution in [0, 0.1) is 6.92 Å². The predicted molar refractivity (Wildman–Crippen MR) is 83.4 cm³/mol. The van der Waals surface area contributed by atoms with Crippen LogP contribution in [0.5, 0.6) is 5.75 Å². The highest BCUT2D eigenvalue weighted by molar-refractivity contribution is 6.33. The lowest BCUT2D eigenvalue weighted by Gasteiger charge is -2.28. The van der Waals surface area contributed by atoms with Gasteiger partial charge in [-0.25, -0.2) is 0 Å². The van der Waals surface area contributed by atoms with E-state index in [0.29, 0.717) is 6.54 Å². The van der Waals surface area contributed by atoms with Crippen LogP contribution in [-0.4, -0.2) is 12.6 Å². The van der Waals surface area contributed by atoms with Gasteiger partial charge in [0.1, 0.15) is 11.9 Å². The summed E-state index contributed by atoms with van der Waals surface area (Å²) in [6.07, 6.45) is 2.05. The fourth-order valence-electron chi connectivity index (χ4n) is 2.75. The molecule has 104 valence electrons. The van der Waals surface area contributed by atoms with Crippen LogP contribution in [0.25, 0.3) is 11.1 Å². The average Bonchev–Trinajstić information content (AvgIpc) is 2.48. The van der Waals surface area contributed by atoms with Gasteiger partial charge in [-0.15, -0.1) is 0 Å². The van der Waals surface area contributed by atoms with E-state index in [-0.39, 0.29) is 6.10 Å². The van der Waals surface area contributed by atoms with E-state index in [9.17, 15) is 0 Å². The number of hydrogen-bond donors (Lipinski definition) is 1. The number of halogens is 1. The summed E-state index contributed by atoms with van der Waals surface area (Å²) >= 11 is 6.45. The minimum Gasteiger partial charge on any atom is -0.488 e. The zero-order chi connectivity index (χ0) is 14.1. The lowest BCUT2D eigenvalue weighted by atomic mass is 9.93. The molecule has 2 aromatic rings. The highest BCUT2D eigenvalue weighted by atomic mass is 35.5. The van der Waals surface area contributed by atoms with Gasteiger partial charge in [-0.05, 0) is 42.5 Å². The summed E-state index contributed by atoms with van der Waals surface area (Å²) in [4.78, 5) is 0. The van der Waals surface area contributed by atoms with Gasteiger partial charge in [-0.1, -0.05) is 41.9 Å². The van der Waals surface area contributed by atoms with Gasteiger partial charge < -0.3 is 10.5 Å². The second-order valence-electron chi connectivity index (χ2n) is 5.24. The smallest absolute Gasteiger partial charge is 0.132 e. The zero-order valence-electron chi connectivity index (χ0n) is 11.5. The van der Waals surface area contributed by atoms with E-state index in [4.69, 9.17) is 22.1 Å². The van der Waals surface area contributed by atoms with Gasteiger partial charge in [0.05, 0.1) is 5.02 Å². The monoisotopic (exact) mass is 287 g/mol. The number of aryl methyl sites for hydroxylation is 2. The Hall–Kier alpha value is -1.51. The number of nitrogens with two attached hydrogens (primary N) is 1. The molecule has 2 aromatic carbocycles. The van der Waals surface area contributed by atoms with Gasteiger partial charge >= 0.3 is 0 Å². The second kappa shape index (κ2) is 5.47. The summed E-state index contributed by atoms with van der Waals surface area (Å²) in [6, 6.07) is 12.3. The molecule has 2 nitrogen and oxygen atoms in total. The van der Waals surface area contributed by atoms with Crippen molar-refractivity contribution in [2.24, 2.45) is 5.73 Å². The molecule has 0 unspecified atom stereocenters. The first-order chi connectivity index (χ1) is 9.70. The molecular formula is C17H18ClNO. The van der Waals surface area contributed by atoms with Crippen LogP contribution >= 0.6 is 11.6 Å². The second-order valence-corrected chi connectivity index (χ2v) is 5.65. The molecule has 3 rings (SSSR count). The van der Waals surface area contributed by atoms with Crippen LogP contribution in [-0.2, 0) is 6.42 Å². The van der Waals surface area contributed by atoms with Crippen molar-refractivity contribution in [2.75, 3.05) is 6.54 Å². The van der Waals surface area contributed by atoms with Crippen LogP contribution in [0.4, 0.5) is 0 Å². The molecule has 1 atom stereocenters. The molecule has 1 aliphatic heterocycles. The Kier molecular flexibility index (Phi) is 3.68. The molecule has 0 spiro atoms. The van der Waals surface area contributed by atoms with Gasteiger partial charge in [0.25, 0.3) is 0 Å². The van der Waals surface area contributed by atoms with Crippen LogP contribution in [0.15, 0.2) is 36.4 Å². The molecule has 0 bridgehead atoms. The summed E-state index contributed by atoms with van der Waals surface area (Å²) < 4.78 is 6.09. The van der Waals surface area contributed by atoms with Gasteiger partial charge in [0.2, 0.25) is 0 Å². The Morgan fingerprint density at radius 3 is 2.80 bits per heavy atom. The number of rotatable bonds is 2. The van der Waals surface area contributed by atoms with Crippen molar-refractivity contribution in [1.29, 1.82) is 0 Å². The van der Waals surface area contributed by atoms with Crippen molar-refractivity contribution in [3.05, 3.63) is 52.5 Å². The van der Waals surface area contributed by atoms with E-state index in [1.54, 1.807) is 0 Å². The highest BCUT2D eigenvalue weighted by Gasteiger charge is 2.24. The first-order valence-corrected chi connectivity index (χ1v) is 7.32. The van der Waals surface area contributed by atoms with E-state index in [1.165, 1.54) is 11.1 Å². The minimum atomic E-state index is 0.0868. The molecule has 2 N–H and O–H groups in total. The van der Waals surface area contributed by atoms with E-state index in [1.807, 2.05) is 18.2 Å². The Bertz CT molecular complexity index is 639. The largest absolute Gasteiger partial charge is 0.488 e. The molecule has 0 saturated carbocycles. The summed E-state index contributed by atoms with van der Waals surface area (Å²) in [7, 11) is 0. The Balaban J connectivity index is 2.18. The van der Waals surface area contributed by atoms with Gasteiger partial charge in [0, 0.05) is 12.1 Å². The van der Waals surface area contributed by atoms with E-state index >= 15 is 0 Å². The van der Waals surface area contributed by atoms with E-state index < -0.39 is 0 Å². The maximum Gasteiger partial charge on any atom is 0.132 e. The third-order valence-corrected chi connectivity index (χ3v) is 4.20. The molecule has 1 heterocycles. The normalized spacial score (nSPS) is 17.4. The molecule has 0 saturated heterocycles. The molecule has 0 aliphatic carbocycles. The first-order valence-electron chi connectivity index (χ1n) is 6.95. The van der Waals surface area contributed by atoms with Gasteiger partial charge in [0.15, 0.2) is 0 Å². The van der Waals surface area contributed by atoms with E-state index in [0.717, 1.165) is 34.7 Å². The van der Waals surface area contributed by atoms with Crippen molar-refractivity contribution in [3.63, 3.8) is 0 Å². The highest BCUT2D eigenvalue weighted by Crippen LogP contribution is 2.43. The van der Waals surface area contributed by atoms with Gasteiger partial charge in [-0.3, -0.25) is 0 Å². The number of fused-ring (bicyclic) bond motifs is 1. The summed E-state index contributed by atoms with van der Waals surface area (Å²) in [5, 5.41) is 0.732. The quantitative estimate of drug-likeness (QED) is 0.907. The predicted octanol–water partition coefficient (Wildman–Crippen LogP) is 3.97. The third-order valence-electron chi connectivity index (χ3n) is 3.89. The SMILES string of the molecule is Cc1ccccc1-c1c(Cl)ccc2c1O[C@@H](CN)CC2. The van der Waals surface area contributed by atoms with Crippen LogP contribution in [0.1, 0.15) is 17.5 Å². The summed E-state index contributed by atoms with van der Waals surface area (Å²) in [5.41, 5.74) is 10.3. The molecular weight excluding hydrogens is 270 g/mol. The van der Waals surface area contributed by atoms with Crippen molar-refractivity contribution < 1.29 is 4.74 Å². The maximum absolute atomic E-state index is 6.45. The lowest BCUT2D eigenvalue weighted by molar-refractivity contribution is 0.182. The number of ether oxygens (including phenoxy) is 1. The van der Waals surface area contributed by atoms with Gasteiger partial charge in [-0.2, -0.15) is 0 Å². The standard InChI is InChI=1S/C17H18ClNO/c1-11-4-2-3-5-14(11)16-15(18)9-7-12-6-8-13(10-19)20-17(12)16/h2-5,7,9,13H,6,8,10,19H2,1H3/t13-/m1/s1. The zero-order valence-corrected chi connectivity index (χ0v) is 12.3. The van der Waals surface area contributed by atoms with Crippen molar-refractivity contribution >= 4 is 11.6 Å². The molecule has 0 amide bonds. The third kappa shape index (κ3) is 2.30. The molecule has 0 radical (unpaired) electrons. The van der Waals surface area contributed by atoms with E-state index in [2.05, 4.69) is 25.1 Å². The molecule has 3 heteroatoms. The van der Waals surface area contributed by atoms with Crippen molar-refractivity contribution in [2.45, 2.75) is 25.9 Å². The fraction of sp³-hybridized carbons (Fsp3) is 0.294. The van der Waals surface area contributed by atoms with Crippen molar-refractivity contribution in [3.8, 4) is 16.9 Å². The van der Waals surface area contributed by atoms with Crippen LogP contribution in [0.3, 0.4) is 0 Å². The topological polar surface area (TPSA) is 35.2 Å². The summed E-state index contributed by atoms with van der Waals surface area (Å²) in [5.74, 6) is 0.911. The Labute approximate surface area is 124 Å². The molecule has 20 heavy (non-hydrogen) atoms. The molecule has 0 fully saturated rings.